The summed E-state index contributed by atoms with van der Waals surface area (Å²) >= 11 is 0. The number of rotatable bonds is 7. The lowest BCUT2D eigenvalue weighted by molar-refractivity contribution is 0.0169. The first kappa shape index (κ1) is 13.2. The molecule has 0 aliphatic heterocycles. The monoisotopic (exact) mass is 224 g/mol. The summed E-state index contributed by atoms with van der Waals surface area (Å²) in [5.41, 5.74) is 0.305. The zero-order chi connectivity index (χ0) is 12.0. The van der Waals surface area contributed by atoms with Crippen molar-refractivity contribution in [1.82, 2.24) is 9.78 Å². The van der Waals surface area contributed by atoms with Gasteiger partial charge in [-0.15, -0.1) is 0 Å². The number of hydrogen-bond acceptors (Lipinski definition) is 2. The number of hydrogen-bond donors (Lipinski definition) is 1. The Morgan fingerprint density at radius 2 is 1.81 bits per heavy atom. The van der Waals surface area contributed by atoms with Crippen molar-refractivity contribution in [1.29, 1.82) is 0 Å². The van der Waals surface area contributed by atoms with E-state index in [-0.39, 0.29) is 0 Å². The normalized spacial score (nSPS) is 12.0. The lowest BCUT2D eigenvalue weighted by Gasteiger charge is -2.26. The molecule has 0 amide bonds. The molecule has 1 aromatic heterocycles. The minimum atomic E-state index is -0.671. The zero-order valence-corrected chi connectivity index (χ0v) is 10.7. The second-order valence-electron chi connectivity index (χ2n) is 4.52. The van der Waals surface area contributed by atoms with Gasteiger partial charge in [-0.2, -0.15) is 5.10 Å². The second-order valence-corrected chi connectivity index (χ2v) is 4.52. The fraction of sp³-hybridized carbons (Fsp3) is 0.769. The summed E-state index contributed by atoms with van der Waals surface area (Å²) in [6, 6.07) is 0. The van der Waals surface area contributed by atoms with Gasteiger partial charge >= 0.3 is 0 Å². The van der Waals surface area contributed by atoms with Crippen molar-refractivity contribution in [3.05, 3.63) is 18.0 Å². The molecule has 0 fully saturated rings. The van der Waals surface area contributed by atoms with Crippen LogP contribution in [0.4, 0.5) is 0 Å². The Hall–Kier alpha value is -0.830. The van der Waals surface area contributed by atoms with Crippen LogP contribution in [0.3, 0.4) is 0 Å². The van der Waals surface area contributed by atoms with Gasteiger partial charge in [0.1, 0.15) is 0 Å². The Balaban J connectivity index is 2.83. The smallest absolute Gasteiger partial charge is 0.0926 e. The van der Waals surface area contributed by atoms with Gasteiger partial charge < -0.3 is 5.11 Å². The average molecular weight is 224 g/mol. The highest BCUT2D eigenvalue weighted by Crippen LogP contribution is 2.31. The van der Waals surface area contributed by atoms with E-state index in [0.29, 0.717) is 0 Å². The standard InChI is InChI=1S/C13H24N2O/c1-4-7-13(16,8-5-2)12-10-14-15(11-12)9-6-3/h10-11,16H,4-9H2,1-3H3. The van der Waals surface area contributed by atoms with E-state index in [9.17, 15) is 5.11 Å². The first-order chi connectivity index (χ1) is 7.66. The molecule has 16 heavy (non-hydrogen) atoms. The van der Waals surface area contributed by atoms with E-state index in [2.05, 4.69) is 25.9 Å². The molecule has 0 atom stereocenters. The van der Waals surface area contributed by atoms with E-state index in [1.54, 1.807) is 0 Å². The van der Waals surface area contributed by atoms with Crippen molar-refractivity contribution in [3.63, 3.8) is 0 Å². The van der Waals surface area contributed by atoms with Gasteiger partial charge in [0.25, 0.3) is 0 Å². The van der Waals surface area contributed by atoms with Gasteiger partial charge in [0.2, 0.25) is 0 Å². The fourth-order valence-corrected chi connectivity index (χ4v) is 2.20. The molecule has 92 valence electrons. The molecule has 3 nitrogen and oxygen atoms in total. The highest BCUT2D eigenvalue weighted by atomic mass is 16.3. The van der Waals surface area contributed by atoms with Crippen LogP contribution in [0.2, 0.25) is 0 Å². The quantitative estimate of drug-likeness (QED) is 0.773. The van der Waals surface area contributed by atoms with Crippen molar-refractivity contribution in [2.75, 3.05) is 0 Å². The lowest BCUT2D eigenvalue weighted by Crippen LogP contribution is -2.24. The highest BCUT2D eigenvalue weighted by Gasteiger charge is 2.28. The van der Waals surface area contributed by atoms with Crippen LogP contribution in [0.25, 0.3) is 0 Å². The SMILES string of the molecule is CCCn1cc(C(O)(CCC)CCC)cn1. The summed E-state index contributed by atoms with van der Waals surface area (Å²) in [5, 5.41) is 14.9. The maximum absolute atomic E-state index is 10.6. The Labute approximate surface area is 98.5 Å². The van der Waals surface area contributed by atoms with Gasteiger partial charge in [0.05, 0.1) is 11.8 Å². The molecule has 1 heterocycles. The van der Waals surface area contributed by atoms with Crippen LogP contribution in [-0.2, 0) is 12.1 Å². The van der Waals surface area contributed by atoms with Crippen LogP contribution in [0.5, 0.6) is 0 Å². The minimum absolute atomic E-state index is 0.671. The third kappa shape index (κ3) is 3.08. The molecule has 1 N–H and O–H groups in total. The molecule has 3 heteroatoms. The fourth-order valence-electron chi connectivity index (χ4n) is 2.20. The average Bonchev–Trinajstić information content (AvgIpc) is 2.68. The first-order valence-corrected chi connectivity index (χ1v) is 6.41. The van der Waals surface area contributed by atoms with Gasteiger partial charge in [-0.1, -0.05) is 33.6 Å². The van der Waals surface area contributed by atoms with Crippen LogP contribution < -0.4 is 0 Å². The summed E-state index contributed by atoms with van der Waals surface area (Å²) in [5.74, 6) is 0. The summed E-state index contributed by atoms with van der Waals surface area (Å²) < 4.78 is 1.92. The highest BCUT2D eigenvalue weighted by molar-refractivity contribution is 5.15. The maximum Gasteiger partial charge on any atom is 0.0926 e. The Morgan fingerprint density at radius 3 is 2.31 bits per heavy atom. The number of aryl methyl sites for hydroxylation is 1. The van der Waals surface area contributed by atoms with Crippen molar-refractivity contribution < 1.29 is 5.11 Å². The molecule has 1 rings (SSSR count). The molecule has 1 aromatic rings. The van der Waals surface area contributed by atoms with Crippen LogP contribution in [0.1, 0.15) is 58.4 Å². The van der Waals surface area contributed by atoms with E-state index < -0.39 is 5.60 Å². The second kappa shape index (κ2) is 6.04. The summed E-state index contributed by atoms with van der Waals surface area (Å²) in [6.07, 6.45) is 8.51. The lowest BCUT2D eigenvalue weighted by atomic mass is 9.87. The number of nitrogens with zero attached hydrogens (tertiary/aromatic N) is 2. The molecular weight excluding hydrogens is 200 g/mol. The minimum Gasteiger partial charge on any atom is -0.385 e. The van der Waals surface area contributed by atoms with Gasteiger partial charge in [0, 0.05) is 18.3 Å². The molecule has 0 radical (unpaired) electrons. The summed E-state index contributed by atoms with van der Waals surface area (Å²) in [6.45, 7) is 7.27. The van der Waals surface area contributed by atoms with Crippen LogP contribution >= 0.6 is 0 Å². The van der Waals surface area contributed by atoms with Crippen molar-refractivity contribution in [2.45, 2.75) is 65.0 Å². The Morgan fingerprint density at radius 1 is 1.19 bits per heavy atom. The van der Waals surface area contributed by atoms with Crippen LogP contribution in [0.15, 0.2) is 12.4 Å². The number of aromatic nitrogens is 2. The molecular formula is C13H24N2O. The molecule has 0 aliphatic rings. The maximum atomic E-state index is 10.6. The van der Waals surface area contributed by atoms with E-state index in [1.807, 2.05) is 17.1 Å². The topological polar surface area (TPSA) is 38.0 Å². The first-order valence-electron chi connectivity index (χ1n) is 6.41. The van der Waals surface area contributed by atoms with E-state index in [4.69, 9.17) is 0 Å². The van der Waals surface area contributed by atoms with Gasteiger partial charge in [-0.05, 0) is 19.3 Å². The van der Waals surface area contributed by atoms with Crippen LogP contribution in [0, 0.1) is 0 Å². The van der Waals surface area contributed by atoms with E-state index in [1.165, 1.54) is 0 Å². The van der Waals surface area contributed by atoms with Gasteiger partial charge in [0.15, 0.2) is 0 Å². The zero-order valence-electron chi connectivity index (χ0n) is 10.7. The van der Waals surface area contributed by atoms with Gasteiger partial charge in [-0.3, -0.25) is 4.68 Å². The molecule has 0 aromatic carbocycles. The largest absolute Gasteiger partial charge is 0.385 e. The Bertz CT molecular complexity index is 301. The van der Waals surface area contributed by atoms with E-state index >= 15 is 0 Å². The van der Waals surface area contributed by atoms with Gasteiger partial charge in [-0.25, -0.2) is 0 Å². The third-order valence-corrected chi connectivity index (χ3v) is 2.95. The van der Waals surface area contributed by atoms with Crippen molar-refractivity contribution in [2.24, 2.45) is 0 Å². The third-order valence-electron chi connectivity index (χ3n) is 2.95. The van der Waals surface area contributed by atoms with Crippen molar-refractivity contribution >= 4 is 0 Å². The molecule has 0 spiro atoms. The molecule has 0 saturated carbocycles. The van der Waals surface area contributed by atoms with Crippen LogP contribution in [-0.4, -0.2) is 14.9 Å². The summed E-state index contributed by atoms with van der Waals surface area (Å²) in [7, 11) is 0. The molecule has 0 unspecified atom stereocenters. The number of aliphatic hydroxyl groups is 1. The van der Waals surface area contributed by atoms with Crippen molar-refractivity contribution in [3.8, 4) is 0 Å². The Kier molecular flexibility index (Phi) is 5.00. The summed E-state index contributed by atoms with van der Waals surface area (Å²) in [4.78, 5) is 0. The predicted octanol–water partition coefficient (Wildman–Crippen LogP) is 3.08. The predicted molar refractivity (Wildman–Crippen MR) is 66.2 cm³/mol. The molecule has 0 bridgehead atoms. The van der Waals surface area contributed by atoms with E-state index in [0.717, 1.165) is 44.2 Å². The molecule has 0 aliphatic carbocycles. The molecule has 0 saturated heterocycles.